The highest BCUT2D eigenvalue weighted by Crippen LogP contribution is 2.25. The van der Waals surface area contributed by atoms with Gasteiger partial charge in [0.15, 0.2) is 0 Å². The van der Waals surface area contributed by atoms with Gasteiger partial charge in [-0.2, -0.15) is 0 Å². The molecule has 1 amide bonds. The fourth-order valence-corrected chi connectivity index (χ4v) is 2.65. The van der Waals surface area contributed by atoms with Crippen LogP contribution in [0.4, 0.5) is 0 Å². The first-order valence-electron chi connectivity index (χ1n) is 8.80. The Kier molecular flexibility index (Phi) is 9.23. The summed E-state index contributed by atoms with van der Waals surface area (Å²) in [7, 11) is 0. The molecular weight excluding hydrogens is 306 g/mol. The van der Waals surface area contributed by atoms with E-state index >= 15 is 0 Å². The molecule has 1 aromatic carbocycles. The monoisotopic (exact) mass is 337 g/mol. The van der Waals surface area contributed by atoms with E-state index in [1.54, 1.807) is 6.07 Å². The van der Waals surface area contributed by atoms with Gasteiger partial charge in [-0.05, 0) is 36.3 Å². The molecule has 1 rings (SSSR count). The Morgan fingerprint density at radius 3 is 2.54 bits per heavy atom. The van der Waals surface area contributed by atoms with Crippen LogP contribution in [0.5, 0.6) is 11.5 Å². The average Bonchev–Trinajstić information content (AvgIpc) is 2.52. The van der Waals surface area contributed by atoms with E-state index in [9.17, 15) is 20.1 Å². The third-order valence-corrected chi connectivity index (χ3v) is 4.09. The summed E-state index contributed by atoms with van der Waals surface area (Å²) in [5.41, 5.74) is 0.619. The van der Waals surface area contributed by atoms with E-state index in [0.717, 1.165) is 18.8 Å². The van der Waals surface area contributed by atoms with Gasteiger partial charge in [0, 0.05) is 25.6 Å². The highest BCUT2D eigenvalue weighted by Gasteiger charge is 2.15. The number of hydrogen-bond donors (Lipinski definition) is 4. The van der Waals surface area contributed by atoms with Crippen LogP contribution in [0.1, 0.15) is 51.5 Å². The van der Waals surface area contributed by atoms with Gasteiger partial charge in [0.25, 0.3) is 0 Å². The summed E-state index contributed by atoms with van der Waals surface area (Å²) in [6.45, 7) is 4.97. The number of amides is 1. The molecule has 0 fully saturated rings. The van der Waals surface area contributed by atoms with Crippen LogP contribution < -0.4 is 5.32 Å². The number of aliphatic hydroxyl groups excluding tert-OH is 1. The SMILES string of the molecule is CC(C)CCCCCNC(=O)CC(CO)Cc1ccc(O)cc1O. The lowest BCUT2D eigenvalue weighted by Gasteiger charge is -2.15. The largest absolute Gasteiger partial charge is 0.508 e. The van der Waals surface area contributed by atoms with E-state index in [4.69, 9.17) is 0 Å². The highest BCUT2D eigenvalue weighted by atomic mass is 16.3. The Morgan fingerprint density at radius 2 is 1.92 bits per heavy atom. The Labute approximate surface area is 144 Å². The summed E-state index contributed by atoms with van der Waals surface area (Å²) < 4.78 is 0. The van der Waals surface area contributed by atoms with Gasteiger partial charge in [0.2, 0.25) is 5.91 Å². The third kappa shape index (κ3) is 8.20. The lowest BCUT2D eigenvalue weighted by Crippen LogP contribution is -2.28. The molecule has 24 heavy (non-hydrogen) atoms. The van der Waals surface area contributed by atoms with Crippen LogP contribution in [0.2, 0.25) is 0 Å². The Bertz CT molecular complexity index is 502. The molecular formula is C19H31NO4. The number of phenolic OH excluding ortho intramolecular Hbond substituents is 2. The van der Waals surface area contributed by atoms with Gasteiger partial charge >= 0.3 is 0 Å². The molecule has 0 spiro atoms. The lowest BCUT2D eigenvalue weighted by molar-refractivity contribution is -0.122. The minimum absolute atomic E-state index is 0.00740. The molecule has 0 bridgehead atoms. The van der Waals surface area contributed by atoms with Crippen LogP contribution in [0.15, 0.2) is 18.2 Å². The Morgan fingerprint density at radius 1 is 1.17 bits per heavy atom. The van der Waals surface area contributed by atoms with E-state index in [2.05, 4.69) is 19.2 Å². The van der Waals surface area contributed by atoms with Crippen molar-refractivity contribution in [3.05, 3.63) is 23.8 Å². The van der Waals surface area contributed by atoms with Crippen molar-refractivity contribution >= 4 is 5.91 Å². The molecule has 0 radical (unpaired) electrons. The zero-order chi connectivity index (χ0) is 17.9. The minimum Gasteiger partial charge on any atom is -0.508 e. The van der Waals surface area contributed by atoms with Crippen LogP contribution in [-0.2, 0) is 11.2 Å². The number of nitrogens with one attached hydrogen (secondary N) is 1. The summed E-state index contributed by atoms with van der Waals surface area (Å²) >= 11 is 0. The second-order valence-electron chi connectivity index (χ2n) is 6.86. The van der Waals surface area contributed by atoms with Crippen molar-refractivity contribution in [3.63, 3.8) is 0 Å². The molecule has 4 N–H and O–H groups in total. The normalized spacial score (nSPS) is 12.3. The average molecular weight is 337 g/mol. The fraction of sp³-hybridized carbons (Fsp3) is 0.632. The van der Waals surface area contributed by atoms with Crippen LogP contribution in [0.25, 0.3) is 0 Å². The number of unbranched alkanes of at least 4 members (excludes halogenated alkanes) is 2. The molecule has 0 aliphatic carbocycles. The number of benzene rings is 1. The van der Waals surface area contributed by atoms with Crippen molar-refractivity contribution in [2.45, 2.75) is 52.4 Å². The standard InChI is InChI=1S/C19H31NO4/c1-14(2)6-4-3-5-9-20-19(24)11-15(13-21)10-16-7-8-17(22)12-18(16)23/h7-8,12,14-15,21-23H,3-6,9-11,13H2,1-2H3,(H,20,24). The van der Waals surface area contributed by atoms with Crippen LogP contribution in [-0.4, -0.2) is 34.4 Å². The molecule has 1 aromatic rings. The Balaban J connectivity index is 2.30. The molecule has 1 unspecified atom stereocenters. The first kappa shape index (κ1) is 20.3. The number of aliphatic hydroxyl groups is 1. The first-order chi connectivity index (χ1) is 11.4. The summed E-state index contributed by atoms with van der Waals surface area (Å²) in [6, 6.07) is 4.36. The molecule has 0 heterocycles. The number of phenols is 2. The number of carbonyl (C=O) groups excluding carboxylic acids is 1. The van der Waals surface area contributed by atoms with Gasteiger partial charge in [-0.25, -0.2) is 0 Å². The van der Waals surface area contributed by atoms with Crippen molar-refractivity contribution in [3.8, 4) is 11.5 Å². The fourth-order valence-electron chi connectivity index (χ4n) is 2.65. The van der Waals surface area contributed by atoms with Crippen LogP contribution in [0, 0.1) is 11.8 Å². The zero-order valence-electron chi connectivity index (χ0n) is 14.8. The summed E-state index contributed by atoms with van der Waals surface area (Å²) in [5.74, 6) is 0.379. The zero-order valence-corrected chi connectivity index (χ0v) is 14.8. The van der Waals surface area contributed by atoms with Gasteiger partial charge in [-0.15, -0.1) is 0 Å². The minimum atomic E-state index is -0.249. The van der Waals surface area contributed by atoms with Gasteiger partial charge in [0.05, 0.1) is 0 Å². The van der Waals surface area contributed by atoms with Gasteiger partial charge in [-0.3, -0.25) is 4.79 Å². The van der Waals surface area contributed by atoms with Crippen molar-refractivity contribution in [2.75, 3.05) is 13.2 Å². The van der Waals surface area contributed by atoms with Gasteiger partial charge in [-0.1, -0.05) is 39.2 Å². The molecule has 136 valence electrons. The molecule has 5 heteroatoms. The van der Waals surface area contributed by atoms with Crippen molar-refractivity contribution in [1.82, 2.24) is 5.32 Å². The van der Waals surface area contributed by atoms with E-state index in [1.807, 2.05) is 0 Å². The summed E-state index contributed by atoms with van der Waals surface area (Å²) in [6.07, 6.45) is 5.11. The first-order valence-corrected chi connectivity index (χ1v) is 8.80. The lowest BCUT2D eigenvalue weighted by atomic mass is 9.96. The van der Waals surface area contributed by atoms with Crippen LogP contribution >= 0.6 is 0 Å². The third-order valence-electron chi connectivity index (χ3n) is 4.09. The Hall–Kier alpha value is -1.75. The topological polar surface area (TPSA) is 89.8 Å². The van der Waals surface area contributed by atoms with Crippen molar-refractivity contribution in [1.29, 1.82) is 0 Å². The van der Waals surface area contributed by atoms with Gasteiger partial charge < -0.3 is 20.6 Å². The molecule has 0 saturated heterocycles. The van der Waals surface area contributed by atoms with E-state index in [0.29, 0.717) is 18.5 Å². The molecule has 0 saturated carbocycles. The number of carbonyl (C=O) groups is 1. The second kappa shape index (κ2) is 10.9. The molecule has 1 atom stereocenters. The van der Waals surface area contributed by atoms with E-state index in [1.165, 1.54) is 25.0 Å². The summed E-state index contributed by atoms with van der Waals surface area (Å²) in [5, 5.41) is 31.4. The maximum atomic E-state index is 12.0. The van der Waals surface area contributed by atoms with Crippen molar-refractivity contribution in [2.24, 2.45) is 11.8 Å². The molecule has 0 aliphatic rings. The predicted octanol–water partition coefficient (Wildman–Crippen LogP) is 2.97. The van der Waals surface area contributed by atoms with Crippen molar-refractivity contribution < 1.29 is 20.1 Å². The van der Waals surface area contributed by atoms with Gasteiger partial charge in [0.1, 0.15) is 11.5 Å². The smallest absolute Gasteiger partial charge is 0.220 e. The number of rotatable bonds is 11. The van der Waals surface area contributed by atoms with E-state index < -0.39 is 0 Å². The number of aromatic hydroxyl groups is 2. The van der Waals surface area contributed by atoms with Crippen LogP contribution in [0.3, 0.4) is 0 Å². The number of hydrogen-bond acceptors (Lipinski definition) is 4. The molecule has 0 aliphatic heterocycles. The highest BCUT2D eigenvalue weighted by molar-refractivity contribution is 5.76. The maximum absolute atomic E-state index is 12.0. The predicted molar refractivity (Wildman–Crippen MR) is 95.0 cm³/mol. The van der Waals surface area contributed by atoms with E-state index in [-0.39, 0.29) is 36.4 Å². The summed E-state index contributed by atoms with van der Waals surface area (Å²) in [4.78, 5) is 12.0. The quantitative estimate of drug-likeness (QED) is 0.467. The second-order valence-corrected chi connectivity index (χ2v) is 6.86. The molecule has 0 aromatic heterocycles. The maximum Gasteiger partial charge on any atom is 0.220 e. The molecule has 5 nitrogen and oxygen atoms in total.